The minimum absolute atomic E-state index is 0.0365. The summed E-state index contributed by atoms with van der Waals surface area (Å²) >= 11 is 0. The largest absolute Gasteiger partial charge is 0.476 e. The van der Waals surface area contributed by atoms with Crippen LogP contribution in [0.25, 0.3) is 22.3 Å². The highest BCUT2D eigenvalue weighted by molar-refractivity contribution is 5.84. The second-order valence-electron chi connectivity index (χ2n) is 7.88. The highest BCUT2D eigenvalue weighted by Gasteiger charge is 2.20. The zero-order valence-corrected chi connectivity index (χ0v) is 18.3. The predicted octanol–water partition coefficient (Wildman–Crippen LogP) is 5.33. The number of aryl methyl sites for hydroxylation is 2. The molecule has 3 aromatic carbocycles. The monoisotopic (exact) mass is 427 g/mol. The average Bonchev–Trinajstić information content (AvgIpc) is 2.81. The van der Waals surface area contributed by atoms with Crippen LogP contribution in [0.1, 0.15) is 29.7 Å². The first kappa shape index (κ1) is 21.4. The quantitative estimate of drug-likeness (QED) is 0.451. The van der Waals surface area contributed by atoms with Gasteiger partial charge in [-0.15, -0.1) is 0 Å². The minimum atomic E-state index is -0.319. The molecule has 5 nitrogen and oxygen atoms in total. The number of rotatable bonds is 6. The van der Waals surface area contributed by atoms with Gasteiger partial charge in [-0.3, -0.25) is 9.59 Å². The lowest BCUT2D eigenvalue weighted by Crippen LogP contribution is -2.32. The summed E-state index contributed by atoms with van der Waals surface area (Å²) in [5.74, 6) is 0.0321. The summed E-state index contributed by atoms with van der Waals surface area (Å²) in [6.45, 7) is 5.52. The predicted molar refractivity (Wildman–Crippen MR) is 126 cm³/mol. The van der Waals surface area contributed by atoms with Gasteiger partial charge in [-0.05, 0) is 49.6 Å². The highest BCUT2D eigenvalue weighted by Crippen LogP contribution is 2.31. The van der Waals surface area contributed by atoms with Crippen molar-refractivity contribution in [1.82, 2.24) is 5.32 Å². The van der Waals surface area contributed by atoms with Crippen molar-refractivity contribution in [2.24, 2.45) is 0 Å². The lowest BCUT2D eigenvalue weighted by Gasteiger charge is -2.16. The molecule has 0 saturated heterocycles. The zero-order valence-electron chi connectivity index (χ0n) is 18.3. The van der Waals surface area contributed by atoms with Gasteiger partial charge in [0.15, 0.2) is 12.4 Å². The Hall–Kier alpha value is -3.86. The maximum absolute atomic E-state index is 13.3. The van der Waals surface area contributed by atoms with Gasteiger partial charge in [-0.2, -0.15) is 0 Å². The normalized spacial score (nSPS) is 11.8. The van der Waals surface area contributed by atoms with Crippen LogP contribution in [0.4, 0.5) is 0 Å². The molecule has 0 spiro atoms. The van der Waals surface area contributed by atoms with Gasteiger partial charge in [0.2, 0.25) is 11.2 Å². The third kappa shape index (κ3) is 4.42. The van der Waals surface area contributed by atoms with Crippen LogP contribution in [-0.4, -0.2) is 12.5 Å². The Morgan fingerprint density at radius 2 is 1.59 bits per heavy atom. The summed E-state index contributed by atoms with van der Waals surface area (Å²) in [7, 11) is 0. The van der Waals surface area contributed by atoms with Gasteiger partial charge < -0.3 is 14.5 Å². The Bertz CT molecular complexity index is 1310. The summed E-state index contributed by atoms with van der Waals surface area (Å²) in [6.07, 6.45) is 0. The molecule has 4 rings (SSSR count). The van der Waals surface area contributed by atoms with Crippen LogP contribution in [-0.2, 0) is 4.79 Å². The number of hydrogen-bond acceptors (Lipinski definition) is 4. The number of benzene rings is 3. The minimum Gasteiger partial charge on any atom is -0.476 e. The molecule has 0 aliphatic heterocycles. The molecule has 0 fully saturated rings. The van der Waals surface area contributed by atoms with Crippen LogP contribution in [0.5, 0.6) is 5.75 Å². The second kappa shape index (κ2) is 9.10. The fraction of sp³-hybridized carbons (Fsp3) is 0.185. The van der Waals surface area contributed by atoms with Crippen LogP contribution in [0, 0.1) is 13.8 Å². The Morgan fingerprint density at radius 1 is 0.969 bits per heavy atom. The first-order valence-electron chi connectivity index (χ1n) is 10.5. The lowest BCUT2D eigenvalue weighted by molar-refractivity contribution is -0.123. The summed E-state index contributed by atoms with van der Waals surface area (Å²) in [5, 5.41) is 3.33. The molecule has 0 aliphatic rings. The first-order valence-corrected chi connectivity index (χ1v) is 10.5. The van der Waals surface area contributed by atoms with Crippen molar-refractivity contribution in [3.05, 3.63) is 99.7 Å². The van der Waals surface area contributed by atoms with E-state index < -0.39 is 0 Å². The van der Waals surface area contributed by atoms with Gasteiger partial charge in [0.05, 0.1) is 11.4 Å². The number of fused-ring (bicyclic) bond motifs is 1. The summed E-state index contributed by atoms with van der Waals surface area (Å²) < 4.78 is 11.9. The molecule has 1 atom stereocenters. The van der Waals surface area contributed by atoms with Gasteiger partial charge in [-0.25, -0.2) is 0 Å². The van der Waals surface area contributed by atoms with Crippen LogP contribution in [0.3, 0.4) is 0 Å². The number of amides is 1. The SMILES string of the molecule is Cc1cc2oc(-c3ccccc3)c(OCC(=O)N[C@H](C)c3ccccc3)c(=O)c2cc1C. The highest BCUT2D eigenvalue weighted by atomic mass is 16.5. The molecule has 0 bridgehead atoms. The molecule has 0 saturated carbocycles. The van der Waals surface area contributed by atoms with E-state index in [2.05, 4.69) is 5.32 Å². The number of carbonyl (C=O) groups excluding carboxylic acids is 1. The lowest BCUT2D eigenvalue weighted by atomic mass is 10.0. The Balaban J connectivity index is 1.66. The number of ether oxygens (including phenoxy) is 1. The fourth-order valence-corrected chi connectivity index (χ4v) is 3.59. The van der Waals surface area contributed by atoms with E-state index >= 15 is 0 Å². The molecule has 1 amide bonds. The van der Waals surface area contributed by atoms with Gasteiger partial charge in [0, 0.05) is 5.56 Å². The molecular formula is C27H25NO4. The molecule has 1 aromatic heterocycles. The van der Waals surface area contributed by atoms with Crippen molar-refractivity contribution in [2.45, 2.75) is 26.8 Å². The fourth-order valence-electron chi connectivity index (χ4n) is 3.59. The molecule has 0 aliphatic carbocycles. The van der Waals surface area contributed by atoms with E-state index in [9.17, 15) is 9.59 Å². The van der Waals surface area contributed by atoms with E-state index in [1.165, 1.54) is 0 Å². The van der Waals surface area contributed by atoms with Crippen molar-refractivity contribution in [3.8, 4) is 17.1 Å². The smallest absolute Gasteiger partial charge is 0.258 e. The van der Waals surface area contributed by atoms with Crippen LogP contribution >= 0.6 is 0 Å². The molecule has 32 heavy (non-hydrogen) atoms. The summed E-state index contributed by atoms with van der Waals surface area (Å²) in [6, 6.07) is 22.4. The van der Waals surface area contributed by atoms with Crippen molar-refractivity contribution >= 4 is 16.9 Å². The molecule has 1 heterocycles. The molecule has 0 radical (unpaired) electrons. The van der Waals surface area contributed by atoms with Crippen LogP contribution < -0.4 is 15.5 Å². The average molecular weight is 428 g/mol. The van der Waals surface area contributed by atoms with E-state index in [4.69, 9.17) is 9.15 Å². The Kier molecular flexibility index (Phi) is 6.08. The van der Waals surface area contributed by atoms with Gasteiger partial charge >= 0.3 is 0 Å². The maximum atomic E-state index is 13.3. The number of hydrogen-bond donors (Lipinski definition) is 1. The molecule has 162 valence electrons. The van der Waals surface area contributed by atoms with Gasteiger partial charge in [0.1, 0.15) is 5.58 Å². The van der Waals surface area contributed by atoms with E-state index in [1.54, 1.807) is 6.07 Å². The zero-order chi connectivity index (χ0) is 22.7. The van der Waals surface area contributed by atoms with Crippen LogP contribution in [0.15, 0.2) is 82.0 Å². The number of nitrogens with one attached hydrogen (secondary N) is 1. The summed E-state index contributed by atoms with van der Waals surface area (Å²) in [5.41, 5.74) is 3.91. The molecule has 1 N–H and O–H groups in total. The molecule has 0 unspecified atom stereocenters. The van der Waals surface area contributed by atoms with Crippen LogP contribution in [0.2, 0.25) is 0 Å². The van der Waals surface area contributed by atoms with E-state index in [0.29, 0.717) is 22.3 Å². The van der Waals surface area contributed by atoms with Gasteiger partial charge in [0.25, 0.3) is 5.91 Å². The standard InChI is InChI=1S/C27H25NO4/c1-17-14-22-23(15-18(17)2)32-26(21-12-8-5-9-13-21)27(25(22)30)31-16-24(29)28-19(3)20-10-6-4-7-11-20/h4-15,19H,16H2,1-3H3,(H,28,29)/t19-/m1/s1. The summed E-state index contributed by atoms with van der Waals surface area (Å²) in [4.78, 5) is 25.9. The third-order valence-electron chi connectivity index (χ3n) is 5.53. The molecule has 4 aromatic rings. The van der Waals surface area contributed by atoms with E-state index in [0.717, 1.165) is 16.7 Å². The number of carbonyl (C=O) groups is 1. The van der Waals surface area contributed by atoms with Crippen molar-refractivity contribution in [3.63, 3.8) is 0 Å². The van der Waals surface area contributed by atoms with Crippen molar-refractivity contribution < 1.29 is 13.9 Å². The Labute approximate surface area is 186 Å². The van der Waals surface area contributed by atoms with Gasteiger partial charge in [-0.1, -0.05) is 60.7 Å². The molecule has 5 heteroatoms. The first-order chi connectivity index (χ1) is 15.4. The van der Waals surface area contributed by atoms with Crippen molar-refractivity contribution in [1.29, 1.82) is 0 Å². The van der Waals surface area contributed by atoms with E-state index in [1.807, 2.05) is 87.5 Å². The Morgan fingerprint density at radius 3 is 2.28 bits per heavy atom. The van der Waals surface area contributed by atoms with Crippen molar-refractivity contribution in [2.75, 3.05) is 6.61 Å². The maximum Gasteiger partial charge on any atom is 0.258 e. The second-order valence-corrected chi connectivity index (χ2v) is 7.88. The topological polar surface area (TPSA) is 68.5 Å². The molecular weight excluding hydrogens is 402 g/mol. The van der Waals surface area contributed by atoms with E-state index in [-0.39, 0.29) is 29.7 Å². The third-order valence-corrected chi connectivity index (χ3v) is 5.53.